The lowest BCUT2D eigenvalue weighted by molar-refractivity contribution is 0.138. The maximum absolute atomic E-state index is 6.99. The fourth-order valence-electron chi connectivity index (χ4n) is 0.608. The summed E-state index contributed by atoms with van der Waals surface area (Å²) in [5.41, 5.74) is 0.953. The summed E-state index contributed by atoms with van der Waals surface area (Å²) in [6, 6.07) is 0. The smallest absolute Gasteiger partial charge is 0.106 e. The van der Waals surface area contributed by atoms with E-state index in [9.17, 15) is 0 Å². The molecule has 0 aromatic heterocycles. The largest absolute Gasteiger partial charge is 0.399 e. The summed E-state index contributed by atoms with van der Waals surface area (Å²) < 4.78 is 4.86. The Hall–Kier alpha value is -1.34. The van der Waals surface area contributed by atoms with Crippen LogP contribution >= 0.6 is 0 Å². The number of hydrogen-bond donors (Lipinski definition) is 1. The van der Waals surface area contributed by atoms with Crippen LogP contribution in [0.15, 0.2) is 5.16 Å². The number of nitrogens with zero attached hydrogens (tertiary/aromatic N) is 1. The second-order valence-corrected chi connectivity index (χ2v) is 3.95. The number of nitrogens with one attached hydrogen (secondary N) is 1. The van der Waals surface area contributed by atoms with Crippen LogP contribution in [0.4, 0.5) is 0 Å². The molecule has 0 saturated heterocycles. The lowest BCUT2D eigenvalue weighted by atomic mass is 9.97. The van der Waals surface area contributed by atoms with Crippen LogP contribution < -0.4 is 0 Å². The van der Waals surface area contributed by atoms with Crippen molar-refractivity contribution in [2.45, 2.75) is 27.7 Å². The van der Waals surface area contributed by atoms with Crippen LogP contribution in [0.3, 0.4) is 0 Å². The first-order valence-electron chi connectivity index (χ1n) is 4.90. The summed E-state index contributed by atoms with van der Waals surface area (Å²) >= 11 is 0. The number of oxime groups is 1. The molecule has 0 rings (SSSR count). The fraction of sp³-hybridized carbons (Fsp3) is 0.667. The molecule has 0 aliphatic carbocycles. The van der Waals surface area contributed by atoms with Gasteiger partial charge in [0.2, 0.25) is 0 Å². The molecule has 0 aliphatic rings. The van der Waals surface area contributed by atoms with Crippen LogP contribution in [-0.4, -0.2) is 32.2 Å². The molecule has 0 unspecified atom stereocenters. The van der Waals surface area contributed by atoms with Crippen molar-refractivity contribution in [1.29, 1.82) is 5.41 Å². The Morgan fingerprint density at radius 1 is 1.38 bits per heavy atom. The van der Waals surface area contributed by atoms with Gasteiger partial charge >= 0.3 is 0 Å². The summed E-state index contributed by atoms with van der Waals surface area (Å²) in [6.45, 7) is 7.96. The molecule has 1 N–H and O–H groups in total. The van der Waals surface area contributed by atoms with Crippen molar-refractivity contribution in [2.75, 3.05) is 20.8 Å². The van der Waals surface area contributed by atoms with Gasteiger partial charge in [-0.2, -0.15) is 0 Å². The van der Waals surface area contributed by atoms with Crippen LogP contribution in [0, 0.1) is 23.2 Å². The van der Waals surface area contributed by atoms with E-state index >= 15 is 0 Å². The van der Waals surface area contributed by atoms with E-state index in [0.29, 0.717) is 18.0 Å². The minimum absolute atomic E-state index is 0.102. The highest BCUT2D eigenvalue weighted by Crippen LogP contribution is 2.11. The van der Waals surface area contributed by atoms with Gasteiger partial charge in [-0.3, -0.25) is 0 Å². The molecule has 0 aromatic carbocycles. The first-order valence-corrected chi connectivity index (χ1v) is 4.90. The van der Waals surface area contributed by atoms with Crippen molar-refractivity contribution in [3.05, 3.63) is 0 Å². The van der Waals surface area contributed by atoms with Crippen LogP contribution in [0.2, 0.25) is 0 Å². The maximum Gasteiger partial charge on any atom is 0.106 e. The van der Waals surface area contributed by atoms with Gasteiger partial charge in [-0.25, -0.2) is 0 Å². The first-order chi connectivity index (χ1) is 7.30. The Balaban J connectivity index is 0. The molecule has 0 amide bonds. The molecular formula is C12H22N2O2. The summed E-state index contributed by atoms with van der Waals surface area (Å²) in [5.74, 6) is 2.62. The molecule has 16 heavy (non-hydrogen) atoms. The number of ether oxygens (including phenoxy) is 1. The van der Waals surface area contributed by atoms with E-state index in [1.807, 2.05) is 13.8 Å². The molecule has 0 fully saturated rings. The standard InChI is InChI=1S/C7H12O.C5H10N2O/c1-5-7(2,3)6-8-4;1-4(6)5(2)7-8-3/h1H,6H2,2-4H3;6H,1-3H3/b;6-4?,7-5+. The molecule has 4 heteroatoms. The molecule has 0 atom stereocenters. The van der Waals surface area contributed by atoms with E-state index in [1.165, 1.54) is 7.11 Å². The SMILES string of the molecule is C#CC(C)(C)COC.CO/N=C(\C)C(C)=N. The Morgan fingerprint density at radius 3 is 2.00 bits per heavy atom. The van der Waals surface area contributed by atoms with Gasteiger partial charge in [0.05, 0.1) is 18.0 Å². The van der Waals surface area contributed by atoms with Gasteiger partial charge < -0.3 is 15.0 Å². The molecule has 0 spiro atoms. The van der Waals surface area contributed by atoms with Crippen molar-refractivity contribution in [3.8, 4) is 12.3 Å². The summed E-state index contributed by atoms with van der Waals surface area (Å²) in [5, 5.41) is 10.5. The summed E-state index contributed by atoms with van der Waals surface area (Å²) in [4.78, 5) is 4.41. The summed E-state index contributed by atoms with van der Waals surface area (Å²) in [6.07, 6.45) is 5.16. The quantitative estimate of drug-likeness (QED) is 0.454. The molecule has 0 aliphatic heterocycles. The molecule has 0 radical (unpaired) electrons. The third-order valence-corrected chi connectivity index (χ3v) is 1.67. The maximum atomic E-state index is 6.99. The molecule has 0 saturated carbocycles. The first kappa shape index (κ1) is 17.1. The van der Waals surface area contributed by atoms with Gasteiger partial charge in [-0.1, -0.05) is 11.1 Å². The zero-order valence-electron chi connectivity index (χ0n) is 11.0. The minimum Gasteiger partial charge on any atom is -0.399 e. The van der Waals surface area contributed by atoms with E-state index in [0.717, 1.165) is 0 Å². The van der Waals surface area contributed by atoms with Crippen molar-refractivity contribution in [2.24, 2.45) is 10.6 Å². The Kier molecular flexibility index (Phi) is 9.52. The lowest BCUT2D eigenvalue weighted by Crippen LogP contribution is -2.14. The minimum atomic E-state index is -0.102. The molecule has 92 valence electrons. The Labute approximate surface area is 98.5 Å². The van der Waals surface area contributed by atoms with Crippen LogP contribution in [0.25, 0.3) is 0 Å². The predicted octanol–water partition coefficient (Wildman–Crippen LogP) is 2.34. The highest BCUT2D eigenvalue weighted by Gasteiger charge is 2.11. The third kappa shape index (κ3) is 10.7. The lowest BCUT2D eigenvalue weighted by Gasteiger charge is -2.14. The van der Waals surface area contributed by atoms with Gasteiger partial charge in [0.15, 0.2) is 0 Å². The predicted molar refractivity (Wildman–Crippen MR) is 68.0 cm³/mol. The third-order valence-electron chi connectivity index (χ3n) is 1.67. The normalized spacial score (nSPS) is 10.9. The molecule has 0 aromatic rings. The van der Waals surface area contributed by atoms with E-state index in [4.69, 9.17) is 16.6 Å². The Bertz CT molecular complexity index is 275. The van der Waals surface area contributed by atoms with Crippen LogP contribution in [0.5, 0.6) is 0 Å². The van der Waals surface area contributed by atoms with Gasteiger partial charge in [0.1, 0.15) is 7.11 Å². The second kappa shape index (κ2) is 8.93. The fourth-order valence-corrected chi connectivity index (χ4v) is 0.608. The van der Waals surface area contributed by atoms with Gasteiger partial charge in [-0.15, -0.1) is 6.42 Å². The van der Waals surface area contributed by atoms with Crippen molar-refractivity contribution < 1.29 is 9.57 Å². The summed E-state index contributed by atoms with van der Waals surface area (Å²) in [7, 11) is 3.12. The average molecular weight is 226 g/mol. The van der Waals surface area contributed by atoms with Crippen molar-refractivity contribution in [1.82, 2.24) is 0 Å². The highest BCUT2D eigenvalue weighted by molar-refractivity contribution is 6.39. The van der Waals surface area contributed by atoms with Gasteiger partial charge in [0.25, 0.3) is 0 Å². The van der Waals surface area contributed by atoms with Crippen LogP contribution in [-0.2, 0) is 9.57 Å². The highest BCUT2D eigenvalue weighted by atomic mass is 16.6. The van der Waals surface area contributed by atoms with E-state index in [1.54, 1.807) is 21.0 Å². The number of methoxy groups -OCH3 is 1. The van der Waals surface area contributed by atoms with Gasteiger partial charge in [-0.05, 0) is 27.7 Å². The molecule has 0 heterocycles. The van der Waals surface area contributed by atoms with Gasteiger partial charge in [0, 0.05) is 12.5 Å². The number of terminal acetylenes is 1. The van der Waals surface area contributed by atoms with Crippen molar-refractivity contribution in [3.63, 3.8) is 0 Å². The molecular weight excluding hydrogens is 204 g/mol. The zero-order chi connectivity index (χ0) is 13.2. The topological polar surface area (TPSA) is 54.7 Å². The number of hydrogen-bond acceptors (Lipinski definition) is 4. The van der Waals surface area contributed by atoms with Crippen molar-refractivity contribution >= 4 is 11.4 Å². The number of rotatable bonds is 4. The van der Waals surface area contributed by atoms with E-state index in [-0.39, 0.29) is 5.41 Å². The monoisotopic (exact) mass is 226 g/mol. The van der Waals surface area contributed by atoms with Crippen LogP contribution in [0.1, 0.15) is 27.7 Å². The van der Waals surface area contributed by atoms with E-state index < -0.39 is 0 Å². The molecule has 0 bridgehead atoms. The van der Waals surface area contributed by atoms with E-state index in [2.05, 4.69) is 15.9 Å². The molecule has 4 nitrogen and oxygen atoms in total. The Morgan fingerprint density at radius 2 is 1.88 bits per heavy atom. The second-order valence-electron chi connectivity index (χ2n) is 3.95. The average Bonchev–Trinajstić information content (AvgIpc) is 2.19. The zero-order valence-corrected chi connectivity index (χ0v) is 11.0.